The van der Waals surface area contributed by atoms with Crippen molar-refractivity contribution in [1.29, 1.82) is 0 Å². The minimum Gasteiger partial charge on any atom is 0 e. The first-order valence-electron chi connectivity index (χ1n) is 0.535. The van der Waals surface area contributed by atoms with Crippen LogP contribution >= 0.6 is 27.2 Å². The topological polar surface area (TPSA) is 0 Å². The summed E-state index contributed by atoms with van der Waals surface area (Å²) in [7, 11) is 0. The molecule has 0 rings (SSSR count). The molecule has 0 amide bonds. The van der Waals surface area contributed by atoms with Crippen molar-refractivity contribution in [3.63, 3.8) is 0 Å². The third kappa shape index (κ3) is 8.88. The van der Waals surface area contributed by atoms with E-state index in [1.54, 1.807) is 0 Å². The van der Waals surface area contributed by atoms with Crippen LogP contribution in [0.15, 0.2) is 0 Å². The molecule has 18 valence electrons. The summed E-state index contributed by atoms with van der Waals surface area (Å²) in [6.07, 6.45) is 0. The van der Waals surface area contributed by atoms with E-state index < -0.39 is 0 Å². The summed E-state index contributed by atoms with van der Waals surface area (Å²) in [5.41, 5.74) is 0. The molecular weight excluding hydrogens is 291 g/mol. The molecule has 0 unspecified atom stereocenters. The Morgan fingerprint density at radius 3 is 1.25 bits per heavy atom. The number of halogens is 2. The molecule has 0 atom stereocenters. The van der Waals surface area contributed by atoms with Crippen LogP contribution in [0.5, 0.6) is 0 Å². The van der Waals surface area contributed by atoms with Crippen LogP contribution in [0.2, 0.25) is 0 Å². The van der Waals surface area contributed by atoms with Crippen molar-refractivity contribution >= 4 is 27.2 Å². The molecule has 0 nitrogen and oxygen atoms in total. The Morgan fingerprint density at radius 2 is 1.25 bits per heavy atom. The molecule has 0 aromatic rings. The van der Waals surface area contributed by atoms with Crippen LogP contribution < -0.4 is 0 Å². The normalized spacial score (nSPS) is 2.50. The molecule has 0 spiro atoms. The molecular formula is Br2Zn2. The van der Waals surface area contributed by atoms with E-state index in [1.165, 1.54) is 0 Å². The van der Waals surface area contributed by atoms with Crippen LogP contribution in [-0.2, 0) is 32.7 Å². The van der Waals surface area contributed by atoms with E-state index in [0.29, 0.717) is 0 Å². The first kappa shape index (κ1) is 9.51. The zero-order valence-electron chi connectivity index (χ0n) is 2.17. The summed E-state index contributed by atoms with van der Waals surface area (Å²) in [5, 5.41) is 0. The van der Waals surface area contributed by atoms with Gasteiger partial charge in [-0.3, -0.25) is 0 Å². The van der Waals surface area contributed by atoms with Crippen molar-refractivity contribution in [3.05, 3.63) is 0 Å². The second-order valence-corrected chi connectivity index (χ2v) is 14.2. The molecule has 0 saturated carbocycles. The molecule has 0 aromatic carbocycles. The standard InChI is InChI=1S/2BrH.2Zn/h2*1H;;/q;;;+2/p-2. The third-order valence-corrected chi connectivity index (χ3v) is 0. The van der Waals surface area contributed by atoms with Gasteiger partial charge < -0.3 is 0 Å². The first-order chi connectivity index (χ1) is 1.41. The van der Waals surface area contributed by atoms with Gasteiger partial charge >= 0.3 is 40.5 Å². The summed E-state index contributed by atoms with van der Waals surface area (Å²) < 4.78 is 0. The molecule has 0 fully saturated rings. The van der Waals surface area contributed by atoms with Gasteiger partial charge in [0.1, 0.15) is 0 Å². The number of hydrogen-bond acceptors (Lipinski definition) is 0. The minimum absolute atomic E-state index is 0. The van der Waals surface area contributed by atoms with Gasteiger partial charge in [0.15, 0.2) is 0 Å². The quantitative estimate of drug-likeness (QED) is 0.596. The summed E-state index contributed by atoms with van der Waals surface area (Å²) in [5.74, 6) is 0. The second-order valence-electron chi connectivity index (χ2n) is 0.101. The molecule has 0 aliphatic rings. The summed E-state index contributed by atoms with van der Waals surface area (Å²) in [6.45, 7) is 0. The van der Waals surface area contributed by atoms with Gasteiger partial charge in [0.05, 0.1) is 0 Å². The van der Waals surface area contributed by atoms with Crippen LogP contribution in [0.4, 0.5) is 0 Å². The molecule has 0 heterocycles. The van der Waals surface area contributed by atoms with Gasteiger partial charge in [0.2, 0.25) is 0 Å². The zero-order chi connectivity index (χ0) is 2.71. The van der Waals surface area contributed by atoms with Crippen molar-refractivity contribution in [1.82, 2.24) is 0 Å². The Morgan fingerprint density at radius 1 is 1.25 bits per heavy atom. The molecule has 0 N–H and O–H groups in total. The molecule has 0 radical (unpaired) electrons. The van der Waals surface area contributed by atoms with Crippen molar-refractivity contribution in [3.8, 4) is 0 Å². The monoisotopic (exact) mass is 286 g/mol. The Hall–Kier alpha value is 2.21. The van der Waals surface area contributed by atoms with E-state index in [0.717, 1.165) is 0 Å². The van der Waals surface area contributed by atoms with E-state index in [2.05, 4.69) is 27.2 Å². The van der Waals surface area contributed by atoms with Gasteiger partial charge in [0.25, 0.3) is 0 Å². The van der Waals surface area contributed by atoms with Gasteiger partial charge in [-0.2, -0.15) is 0 Å². The maximum absolute atomic E-state index is 3.25. The van der Waals surface area contributed by atoms with Gasteiger partial charge in [-0.25, -0.2) is 0 Å². The van der Waals surface area contributed by atoms with Crippen LogP contribution in [0.3, 0.4) is 0 Å². The Labute approximate surface area is 59.2 Å². The van der Waals surface area contributed by atoms with Crippen LogP contribution in [0.25, 0.3) is 0 Å². The molecule has 0 saturated heterocycles. The predicted molar refractivity (Wildman–Crippen MR) is 17.9 cm³/mol. The van der Waals surface area contributed by atoms with Crippen LogP contribution in [-0.4, -0.2) is 0 Å². The fourth-order valence-electron chi connectivity index (χ4n) is 0. The molecule has 0 aliphatic carbocycles. The fourth-order valence-corrected chi connectivity index (χ4v) is 0. The third-order valence-electron chi connectivity index (χ3n) is 0. The van der Waals surface area contributed by atoms with Crippen molar-refractivity contribution < 1.29 is 32.7 Å². The van der Waals surface area contributed by atoms with E-state index in [4.69, 9.17) is 0 Å². The SMILES string of the molecule is [Br][Zn][Br].[Zn]. The smallest absolute Gasteiger partial charge is 0 e. The minimum atomic E-state index is -0.250. The van der Waals surface area contributed by atoms with Crippen molar-refractivity contribution in [2.24, 2.45) is 0 Å². The average Bonchev–Trinajstić information content (AvgIpc) is 0.918. The van der Waals surface area contributed by atoms with Gasteiger partial charge in [0, 0.05) is 19.5 Å². The molecule has 0 aromatic heterocycles. The number of hydrogen-bond donors (Lipinski definition) is 0. The molecule has 0 bridgehead atoms. The average molecular weight is 291 g/mol. The summed E-state index contributed by atoms with van der Waals surface area (Å²) in [4.78, 5) is 0. The Balaban J connectivity index is 0. The summed E-state index contributed by atoms with van der Waals surface area (Å²) >= 11 is 6.25. The van der Waals surface area contributed by atoms with Crippen molar-refractivity contribution in [2.75, 3.05) is 0 Å². The van der Waals surface area contributed by atoms with E-state index >= 15 is 0 Å². The van der Waals surface area contributed by atoms with E-state index in [-0.39, 0.29) is 32.7 Å². The summed E-state index contributed by atoms with van der Waals surface area (Å²) in [6, 6.07) is 0. The molecule has 0 aliphatic heterocycles. The number of rotatable bonds is 0. The van der Waals surface area contributed by atoms with Gasteiger partial charge in [-0.1, -0.05) is 0 Å². The molecule has 4 heavy (non-hydrogen) atoms. The zero-order valence-corrected chi connectivity index (χ0v) is 11.3. The van der Waals surface area contributed by atoms with E-state index in [1.807, 2.05) is 0 Å². The van der Waals surface area contributed by atoms with Gasteiger partial charge in [-0.15, -0.1) is 0 Å². The van der Waals surface area contributed by atoms with Gasteiger partial charge in [-0.05, 0) is 0 Å². The predicted octanol–water partition coefficient (Wildman–Crippen LogP) is 1.69. The maximum atomic E-state index is 3.25. The first-order valence-corrected chi connectivity index (χ1v) is 14.4. The van der Waals surface area contributed by atoms with E-state index in [9.17, 15) is 0 Å². The van der Waals surface area contributed by atoms with Crippen LogP contribution in [0, 0.1) is 0 Å². The second kappa shape index (κ2) is 8.96. The molecule has 4 heteroatoms. The maximum Gasteiger partial charge on any atom is 0 e. The largest absolute Gasteiger partial charge is 0 e. The van der Waals surface area contributed by atoms with Crippen molar-refractivity contribution in [2.45, 2.75) is 0 Å². The Kier molecular flexibility index (Phi) is 21.3. The Bertz CT molecular complexity index is 4.00. The van der Waals surface area contributed by atoms with Crippen LogP contribution in [0.1, 0.15) is 0 Å². The fraction of sp³-hybridized carbons (Fsp3) is 0.